The van der Waals surface area contributed by atoms with E-state index in [1.54, 1.807) is 13.8 Å². The lowest BCUT2D eigenvalue weighted by molar-refractivity contribution is -0.277. The van der Waals surface area contributed by atoms with Crippen molar-refractivity contribution >= 4 is 59.5 Å². The molecule has 47 heteroatoms. The molecule has 4 aromatic rings. The highest BCUT2D eigenvalue weighted by molar-refractivity contribution is 8.08. The van der Waals surface area contributed by atoms with Crippen molar-refractivity contribution in [3.8, 4) is 11.8 Å². The highest BCUT2D eigenvalue weighted by Gasteiger charge is 2.63. The molecule has 0 bridgehead atoms. The van der Waals surface area contributed by atoms with Gasteiger partial charge in [0.15, 0.2) is 45.0 Å². The molecule has 91 heavy (non-hydrogen) atoms. The van der Waals surface area contributed by atoms with Crippen LogP contribution in [-0.4, -0.2) is 151 Å². The molecule has 8 heterocycles. The van der Waals surface area contributed by atoms with E-state index in [-0.39, 0.29) is 24.2 Å². The fourth-order valence-corrected chi connectivity index (χ4v) is 13.7. The zero-order valence-electron chi connectivity index (χ0n) is 49.9. The van der Waals surface area contributed by atoms with E-state index in [1.807, 2.05) is 0 Å². The molecule has 0 radical (unpaired) electrons. The predicted octanol–water partition coefficient (Wildman–Crippen LogP) is 7.01. The molecule has 4 aliphatic rings. The van der Waals surface area contributed by atoms with E-state index in [4.69, 9.17) is 9.68 Å². The largest absolute Gasteiger partial charge is 0.574 e. The van der Waals surface area contributed by atoms with Gasteiger partial charge in [-0.25, -0.2) is 51.8 Å². The topological polar surface area (TPSA) is 338 Å². The third kappa shape index (κ3) is 14.1. The van der Waals surface area contributed by atoms with Crippen LogP contribution in [0.2, 0.25) is 0 Å². The molecule has 4 aromatic heterocycles. The highest BCUT2D eigenvalue weighted by atomic mass is 32.2. The van der Waals surface area contributed by atoms with Crippen LogP contribution in [0.1, 0.15) is 114 Å². The first-order chi connectivity index (χ1) is 40.7. The minimum absolute atomic E-state index is 0.153. The fraction of sp³-hybridized carbons (Fsp3) is 0.682. The number of oxime groups is 4. The molecule has 8 rings (SSSR count). The molecule has 0 aliphatic carbocycles. The van der Waals surface area contributed by atoms with Gasteiger partial charge in [0, 0.05) is 41.0 Å². The number of hydrogen-bond acceptors (Lipinski definition) is 24. The first-order valence-corrected chi connectivity index (χ1v) is 31.0. The Bertz CT molecular complexity index is 4070. The summed E-state index contributed by atoms with van der Waals surface area (Å²) in [6.45, 7) is 11.5. The Morgan fingerprint density at radius 3 is 1.08 bits per heavy atom. The molecule has 0 aromatic carbocycles. The van der Waals surface area contributed by atoms with Crippen LogP contribution in [0, 0.1) is 27.7 Å². The van der Waals surface area contributed by atoms with E-state index >= 15 is 0 Å². The smallest absolute Gasteiger partial charge is 0.417 e. The van der Waals surface area contributed by atoms with Gasteiger partial charge in [-0.05, 0) is 83.1 Å². The van der Waals surface area contributed by atoms with E-state index in [0.29, 0.717) is 9.36 Å². The zero-order valence-corrected chi connectivity index (χ0v) is 53.2. The molecule has 0 amide bonds. The first-order valence-electron chi connectivity index (χ1n) is 25.1. The van der Waals surface area contributed by atoms with E-state index in [0.717, 1.165) is 51.4 Å². The SMILES string of the molecule is Cc1nn(C)c(OC(F)(F)F)c1C(F)(F)S(=O)(=O)C1=NOC(C)(C)C1F.Cc1nn(C)c(OC(F)F)c1C(F)(F)S(=O)(=O)C1=NOC(C)(C)C1.Cc1nn(C)nc1C(F)(F)S(=O)(=O)C1=NOC(C)(C)C1.Cc1nn(C)nc1C(F)(F)S(=O)(=O)C1=NOC(C)(C)C1F. The molecule has 0 spiro atoms. The normalized spacial score (nSPS) is 19.8. The lowest BCUT2D eigenvalue weighted by Crippen LogP contribution is -2.42. The van der Waals surface area contributed by atoms with Gasteiger partial charge in [-0.1, -0.05) is 20.6 Å². The van der Waals surface area contributed by atoms with Crippen LogP contribution in [0.5, 0.6) is 11.8 Å². The first kappa shape index (κ1) is 74.7. The van der Waals surface area contributed by atoms with Crippen LogP contribution >= 0.6 is 0 Å². The summed E-state index contributed by atoms with van der Waals surface area (Å²) in [5.41, 5.74) is -12.0. The average Bonchev–Trinajstić information content (AvgIpc) is 1.68. The van der Waals surface area contributed by atoms with Crippen LogP contribution in [0.4, 0.5) is 65.9 Å². The van der Waals surface area contributed by atoms with Crippen LogP contribution in [0.3, 0.4) is 0 Å². The summed E-state index contributed by atoms with van der Waals surface area (Å²) in [6.07, 6.45) is -10.8. The van der Waals surface area contributed by atoms with Crippen molar-refractivity contribution in [2.45, 2.75) is 165 Å². The second-order valence-electron chi connectivity index (χ2n) is 22.0. The van der Waals surface area contributed by atoms with E-state index < -0.39 is 174 Å². The molecule has 0 saturated heterocycles. The number of rotatable bonds is 11. The number of aromatic nitrogens is 10. The van der Waals surface area contributed by atoms with Gasteiger partial charge < -0.3 is 28.8 Å². The van der Waals surface area contributed by atoms with Crippen molar-refractivity contribution in [3.05, 3.63) is 45.3 Å². The molecule has 4 aliphatic heterocycles. The standard InChI is InChI=1S/C12H13F6N3O4S.C12H15F4N3O4S.C10H13F3N4O3S.C10H14F2N4O3S/c1-5-6(9(21(4)19-5)24-12(16,17)18)11(14,15)26(22,23)8-7(13)10(2,3)25-20-8;1-6-8(9(19(4)17-6)22-10(13)14)12(15,16)24(20,21)7-5-11(2,3)23-18-7;1-5-7(15-17(4)14-5)10(12,13)21(18,19)8-6(11)9(2,3)20-16-8;1-6-8(14-16(4)13-6)10(11,12)20(17,18)7-5-9(2,3)19-15-7/h7H,1-4H3;10H,5H2,1-4H3;6H,1-4H3;5H2,1-4H3. The van der Waals surface area contributed by atoms with Crippen LogP contribution < -0.4 is 9.47 Å². The summed E-state index contributed by atoms with van der Waals surface area (Å²) >= 11 is 0. The Labute approximate surface area is 506 Å². The zero-order chi connectivity index (χ0) is 70.4. The molecule has 0 saturated carbocycles. The summed E-state index contributed by atoms with van der Waals surface area (Å²) in [7, 11) is -17.1. The Morgan fingerprint density at radius 2 is 0.780 bits per heavy atom. The summed E-state index contributed by atoms with van der Waals surface area (Å²) in [6, 6.07) is 0. The van der Waals surface area contributed by atoms with E-state index in [9.17, 15) is 99.5 Å². The van der Waals surface area contributed by atoms with Gasteiger partial charge in [0.1, 0.15) is 22.3 Å². The van der Waals surface area contributed by atoms with Crippen LogP contribution in [0.15, 0.2) is 20.6 Å². The van der Waals surface area contributed by atoms with Crippen molar-refractivity contribution in [1.82, 2.24) is 49.5 Å². The van der Waals surface area contributed by atoms with Crippen molar-refractivity contribution in [1.29, 1.82) is 0 Å². The minimum Gasteiger partial charge on any atom is -0.417 e. The second-order valence-corrected chi connectivity index (χ2v) is 29.9. The number of alkyl halides is 15. The predicted molar refractivity (Wildman–Crippen MR) is 281 cm³/mol. The summed E-state index contributed by atoms with van der Waals surface area (Å²) < 4.78 is 312. The van der Waals surface area contributed by atoms with Gasteiger partial charge in [0.2, 0.25) is 21.8 Å². The summed E-state index contributed by atoms with van der Waals surface area (Å²) in [5.74, 6) is -2.58. The number of nitrogens with zero attached hydrogens (tertiary/aromatic N) is 14. The molecular weight excluding hydrogens is 1360 g/mol. The number of ether oxygens (including phenoxy) is 2. The van der Waals surface area contributed by atoms with Gasteiger partial charge >= 0.3 is 34.0 Å². The van der Waals surface area contributed by atoms with Crippen molar-refractivity contribution in [3.63, 3.8) is 0 Å². The number of hydrogen-bond donors (Lipinski definition) is 0. The highest BCUT2D eigenvalue weighted by Crippen LogP contribution is 2.48. The van der Waals surface area contributed by atoms with Gasteiger partial charge in [0.05, 0.1) is 22.8 Å². The maximum Gasteiger partial charge on any atom is 0.574 e. The lowest BCUT2D eigenvalue weighted by atomic mass is 10.1. The molecular formula is C44H55F15N14O14S4. The Balaban J connectivity index is 0.000000221. The van der Waals surface area contributed by atoms with E-state index in [2.05, 4.69) is 70.4 Å². The summed E-state index contributed by atoms with van der Waals surface area (Å²) in [4.78, 5) is 20.4. The maximum atomic E-state index is 14.7. The number of halogens is 15. The van der Waals surface area contributed by atoms with E-state index in [1.165, 1.54) is 55.6 Å². The second kappa shape index (κ2) is 24.1. The number of aryl methyl sites for hydroxylation is 8. The maximum absolute atomic E-state index is 14.7. The number of sulfone groups is 4. The Kier molecular flexibility index (Phi) is 19.8. The quantitative estimate of drug-likeness (QED) is 0.136. The Hall–Kier alpha value is -7.07. The van der Waals surface area contributed by atoms with Gasteiger partial charge in [-0.15, -0.1) is 13.2 Å². The molecule has 0 N–H and O–H groups in total. The van der Waals surface area contributed by atoms with Crippen LogP contribution in [0.25, 0.3) is 0 Å². The fourth-order valence-electron chi connectivity index (χ4n) is 7.99. The van der Waals surface area contributed by atoms with Crippen molar-refractivity contribution in [2.75, 3.05) is 0 Å². The summed E-state index contributed by atoms with van der Waals surface area (Å²) in [5, 5.41) is 10.4. The molecule has 514 valence electrons. The van der Waals surface area contributed by atoms with Crippen molar-refractivity contribution in [2.24, 2.45) is 48.8 Å². The molecule has 2 atom stereocenters. The van der Waals surface area contributed by atoms with Gasteiger partial charge in [-0.2, -0.15) is 84.1 Å². The lowest BCUT2D eigenvalue weighted by Gasteiger charge is -2.21. The monoisotopic (exact) mass is 1420 g/mol. The van der Waals surface area contributed by atoms with Crippen molar-refractivity contribution < 1.29 is 128 Å². The Morgan fingerprint density at radius 1 is 0.462 bits per heavy atom. The van der Waals surface area contributed by atoms with Gasteiger partial charge in [0.25, 0.3) is 39.3 Å². The molecule has 2 unspecified atom stereocenters. The minimum atomic E-state index is -5.88. The molecule has 0 fully saturated rings. The third-order valence-corrected chi connectivity index (χ3v) is 19.3. The van der Waals surface area contributed by atoms with Gasteiger partial charge in [-0.3, -0.25) is 0 Å². The van der Waals surface area contributed by atoms with Crippen LogP contribution in [-0.2, 0) is 108 Å². The molecule has 28 nitrogen and oxygen atoms in total. The third-order valence-electron chi connectivity index (χ3n) is 12.5. The average molecular weight is 1420 g/mol.